The number of sulfonamides is 1. The largest absolute Gasteiger partial charge is 0.352 e. The van der Waals surface area contributed by atoms with E-state index in [9.17, 15) is 18.0 Å². The van der Waals surface area contributed by atoms with Crippen molar-refractivity contribution >= 4 is 39.1 Å². The standard InChI is InChI=1S/C25H32ClN3O4S/c1-18-9-8-13-22(15-18)29(34(3,32)33)17-24(30)28(16-20-10-4-7-14-23(20)26)19(2)25(31)27-21-11-5-6-12-21/h4,7-10,13-15,19,21H,5-6,11-12,16-17H2,1-3H3,(H,27,31). The van der Waals surface area contributed by atoms with Crippen molar-refractivity contribution in [3.63, 3.8) is 0 Å². The third-order valence-electron chi connectivity index (χ3n) is 6.14. The molecule has 2 aromatic carbocycles. The predicted octanol–water partition coefficient (Wildman–Crippen LogP) is 3.89. The molecule has 1 aliphatic rings. The molecule has 1 unspecified atom stereocenters. The first-order valence-electron chi connectivity index (χ1n) is 11.4. The molecule has 0 bridgehead atoms. The highest BCUT2D eigenvalue weighted by atomic mass is 35.5. The third kappa shape index (κ3) is 6.73. The summed E-state index contributed by atoms with van der Waals surface area (Å²) in [5, 5.41) is 3.51. The number of nitrogens with one attached hydrogen (secondary N) is 1. The predicted molar refractivity (Wildman–Crippen MR) is 135 cm³/mol. The zero-order valence-electron chi connectivity index (χ0n) is 19.8. The number of benzene rings is 2. The Kier molecular flexibility index (Phi) is 8.60. The minimum atomic E-state index is -3.75. The van der Waals surface area contributed by atoms with Gasteiger partial charge in [0.1, 0.15) is 12.6 Å². The lowest BCUT2D eigenvalue weighted by Gasteiger charge is -2.32. The molecule has 1 atom stereocenters. The molecular formula is C25H32ClN3O4S. The van der Waals surface area contributed by atoms with E-state index in [1.165, 1.54) is 4.90 Å². The first-order valence-corrected chi connectivity index (χ1v) is 13.7. The lowest BCUT2D eigenvalue weighted by molar-refractivity contribution is -0.139. The van der Waals surface area contributed by atoms with E-state index in [1.807, 2.05) is 19.1 Å². The van der Waals surface area contributed by atoms with Crippen LogP contribution < -0.4 is 9.62 Å². The fourth-order valence-corrected chi connectivity index (χ4v) is 5.22. The Balaban J connectivity index is 1.89. The number of rotatable bonds is 9. The van der Waals surface area contributed by atoms with E-state index in [-0.39, 0.29) is 18.5 Å². The van der Waals surface area contributed by atoms with Crippen LogP contribution in [0, 0.1) is 6.92 Å². The maximum atomic E-state index is 13.6. The van der Waals surface area contributed by atoms with Crippen LogP contribution in [0.25, 0.3) is 0 Å². The highest BCUT2D eigenvalue weighted by Gasteiger charge is 2.31. The smallest absolute Gasteiger partial charge is 0.244 e. The summed E-state index contributed by atoms with van der Waals surface area (Å²) in [6, 6.07) is 13.4. The van der Waals surface area contributed by atoms with Gasteiger partial charge in [-0.05, 0) is 56.0 Å². The summed E-state index contributed by atoms with van der Waals surface area (Å²) in [7, 11) is -3.75. The summed E-state index contributed by atoms with van der Waals surface area (Å²) in [5.74, 6) is -0.741. The number of anilines is 1. The molecule has 0 spiro atoms. The van der Waals surface area contributed by atoms with Crippen molar-refractivity contribution < 1.29 is 18.0 Å². The molecule has 1 aliphatic carbocycles. The monoisotopic (exact) mass is 505 g/mol. The number of nitrogens with zero attached hydrogens (tertiary/aromatic N) is 2. The molecule has 34 heavy (non-hydrogen) atoms. The molecule has 1 N–H and O–H groups in total. The summed E-state index contributed by atoms with van der Waals surface area (Å²) >= 11 is 6.34. The van der Waals surface area contributed by atoms with E-state index in [2.05, 4.69) is 5.32 Å². The molecule has 7 nitrogen and oxygen atoms in total. The first-order chi connectivity index (χ1) is 16.1. The molecule has 0 saturated heterocycles. The Labute approximate surface area is 207 Å². The quantitative estimate of drug-likeness (QED) is 0.560. The van der Waals surface area contributed by atoms with Crippen LogP contribution in [0.15, 0.2) is 48.5 Å². The molecule has 3 rings (SSSR count). The maximum absolute atomic E-state index is 13.6. The minimum absolute atomic E-state index is 0.0865. The molecule has 0 aromatic heterocycles. The minimum Gasteiger partial charge on any atom is -0.352 e. The van der Waals surface area contributed by atoms with Gasteiger partial charge in [0.15, 0.2) is 0 Å². The van der Waals surface area contributed by atoms with Crippen LogP contribution in [-0.4, -0.2) is 50.0 Å². The zero-order chi connectivity index (χ0) is 24.9. The molecule has 1 fully saturated rings. The number of aryl methyl sites for hydroxylation is 1. The van der Waals surface area contributed by atoms with E-state index in [1.54, 1.807) is 43.3 Å². The van der Waals surface area contributed by atoms with E-state index in [0.29, 0.717) is 16.3 Å². The van der Waals surface area contributed by atoms with E-state index in [4.69, 9.17) is 11.6 Å². The van der Waals surface area contributed by atoms with Gasteiger partial charge in [-0.15, -0.1) is 0 Å². The van der Waals surface area contributed by atoms with Crippen molar-refractivity contribution in [2.45, 2.75) is 58.2 Å². The van der Waals surface area contributed by atoms with Gasteiger partial charge in [0.25, 0.3) is 0 Å². The van der Waals surface area contributed by atoms with Gasteiger partial charge in [-0.25, -0.2) is 8.42 Å². The number of amides is 2. The maximum Gasteiger partial charge on any atom is 0.244 e. The second kappa shape index (κ2) is 11.2. The summed E-state index contributed by atoms with van der Waals surface area (Å²) < 4.78 is 26.3. The van der Waals surface area contributed by atoms with Gasteiger partial charge in [-0.2, -0.15) is 0 Å². The molecule has 2 amide bonds. The molecule has 2 aromatic rings. The molecule has 0 heterocycles. The molecule has 184 valence electrons. The Hall–Kier alpha value is -2.58. The van der Waals surface area contributed by atoms with Crippen molar-refractivity contribution in [2.24, 2.45) is 0 Å². The number of hydrogen-bond acceptors (Lipinski definition) is 4. The Bertz CT molecular complexity index is 1130. The topological polar surface area (TPSA) is 86.8 Å². The van der Waals surface area contributed by atoms with Gasteiger partial charge in [-0.3, -0.25) is 13.9 Å². The van der Waals surface area contributed by atoms with Crippen LogP contribution in [-0.2, 0) is 26.2 Å². The fraction of sp³-hybridized carbons (Fsp3) is 0.440. The lowest BCUT2D eigenvalue weighted by Crippen LogP contribution is -2.52. The Morgan fingerprint density at radius 2 is 1.79 bits per heavy atom. The van der Waals surface area contributed by atoms with Crippen LogP contribution in [0.1, 0.15) is 43.7 Å². The summed E-state index contributed by atoms with van der Waals surface area (Å²) in [5.41, 5.74) is 1.95. The number of carbonyl (C=O) groups is 2. The average molecular weight is 506 g/mol. The van der Waals surface area contributed by atoms with Crippen molar-refractivity contribution in [1.82, 2.24) is 10.2 Å². The van der Waals surface area contributed by atoms with Crippen molar-refractivity contribution in [2.75, 3.05) is 17.1 Å². The van der Waals surface area contributed by atoms with Crippen molar-refractivity contribution in [3.05, 3.63) is 64.7 Å². The molecule has 0 radical (unpaired) electrons. The van der Waals surface area contributed by atoms with Crippen LogP contribution in [0.2, 0.25) is 5.02 Å². The summed E-state index contributed by atoms with van der Waals surface area (Å²) in [6.07, 6.45) is 5.05. The zero-order valence-corrected chi connectivity index (χ0v) is 21.4. The van der Waals surface area contributed by atoms with E-state index in [0.717, 1.165) is 41.8 Å². The van der Waals surface area contributed by atoms with Crippen LogP contribution in [0.5, 0.6) is 0 Å². The number of hydrogen-bond donors (Lipinski definition) is 1. The summed E-state index contributed by atoms with van der Waals surface area (Å²) in [6.45, 7) is 3.18. The van der Waals surface area contributed by atoms with E-state index < -0.39 is 28.5 Å². The second-order valence-corrected chi connectivity index (χ2v) is 11.2. The van der Waals surface area contributed by atoms with Crippen molar-refractivity contribution in [1.29, 1.82) is 0 Å². The SMILES string of the molecule is Cc1cccc(N(CC(=O)N(Cc2ccccc2Cl)C(C)C(=O)NC2CCCC2)S(C)(=O)=O)c1. The van der Waals surface area contributed by atoms with E-state index >= 15 is 0 Å². The Morgan fingerprint density at radius 3 is 2.41 bits per heavy atom. The van der Waals surface area contributed by atoms with Crippen LogP contribution >= 0.6 is 11.6 Å². The average Bonchev–Trinajstić information content (AvgIpc) is 3.28. The molecule has 0 aliphatic heterocycles. The van der Waals surface area contributed by atoms with Crippen LogP contribution in [0.4, 0.5) is 5.69 Å². The molecule has 9 heteroatoms. The fourth-order valence-electron chi connectivity index (χ4n) is 4.18. The van der Waals surface area contributed by atoms with Crippen molar-refractivity contribution in [3.8, 4) is 0 Å². The van der Waals surface area contributed by atoms with Gasteiger partial charge >= 0.3 is 0 Å². The second-order valence-electron chi connectivity index (χ2n) is 8.89. The number of carbonyl (C=O) groups excluding carboxylic acids is 2. The van der Waals surface area contributed by atoms with Gasteiger partial charge in [0.05, 0.1) is 11.9 Å². The number of halogens is 1. The summed E-state index contributed by atoms with van der Waals surface area (Å²) in [4.78, 5) is 28.0. The molecular weight excluding hydrogens is 474 g/mol. The van der Waals surface area contributed by atoms with Gasteiger partial charge in [-0.1, -0.05) is 54.8 Å². The Morgan fingerprint density at radius 1 is 1.12 bits per heavy atom. The highest BCUT2D eigenvalue weighted by Crippen LogP contribution is 2.23. The third-order valence-corrected chi connectivity index (χ3v) is 7.65. The van der Waals surface area contributed by atoms with Crippen LogP contribution in [0.3, 0.4) is 0 Å². The molecule has 1 saturated carbocycles. The van der Waals surface area contributed by atoms with Gasteiger partial charge in [0.2, 0.25) is 21.8 Å². The van der Waals surface area contributed by atoms with Gasteiger partial charge < -0.3 is 10.2 Å². The highest BCUT2D eigenvalue weighted by molar-refractivity contribution is 7.92. The lowest BCUT2D eigenvalue weighted by atomic mass is 10.1. The first kappa shape index (κ1) is 26.0. The van der Waals surface area contributed by atoms with Gasteiger partial charge in [0, 0.05) is 17.6 Å². The normalized spacial score (nSPS) is 15.1.